The Morgan fingerprint density at radius 3 is 2.46 bits per heavy atom. The predicted octanol–water partition coefficient (Wildman–Crippen LogP) is 4.34. The molecule has 3 rings (SSSR count). The first-order valence-corrected chi connectivity index (χ1v) is 12.1. The summed E-state index contributed by atoms with van der Waals surface area (Å²) in [5.41, 5.74) is 3.61. The van der Waals surface area contributed by atoms with Gasteiger partial charge >= 0.3 is 5.97 Å². The number of nitriles is 1. The Balaban J connectivity index is 1.67. The number of aryl methyl sites for hydroxylation is 1. The molecule has 1 aliphatic carbocycles. The zero-order chi connectivity index (χ0) is 25.7. The number of rotatable bonds is 8. The molecule has 2 aromatic rings. The molecule has 1 heterocycles. The predicted molar refractivity (Wildman–Crippen MR) is 133 cm³/mol. The van der Waals surface area contributed by atoms with E-state index in [1.165, 1.54) is 0 Å². The number of hydrogen-bond acceptors (Lipinski definition) is 5. The molecule has 1 atom stereocenters. The summed E-state index contributed by atoms with van der Waals surface area (Å²) in [6.45, 7) is 8.78. The first-order chi connectivity index (χ1) is 16.6. The average Bonchev–Trinajstić information content (AvgIpc) is 3.42. The number of hydrogen-bond donors (Lipinski definition) is 2. The molecule has 1 aromatic carbocycles. The van der Waals surface area contributed by atoms with Crippen LogP contribution in [0.5, 0.6) is 0 Å². The second-order valence-corrected chi connectivity index (χ2v) is 9.57. The van der Waals surface area contributed by atoms with Crippen LogP contribution < -0.4 is 10.6 Å². The van der Waals surface area contributed by atoms with Gasteiger partial charge in [0.15, 0.2) is 6.61 Å². The fourth-order valence-corrected chi connectivity index (χ4v) is 4.61. The summed E-state index contributed by atoms with van der Waals surface area (Å²) < 4.78 is 7.32. The highest BCUT2D eigenvalue weighted by atomic mass is 16.5. The lowest BCUT2D eigenvalue weighted by atomic mass is 10.0. The minimum atomic E-state index is -0.905. The van der Waals surface area contributed by atoms with Crippen LogP contribution in [0.4, 0.5) is 5.82 Å². The summed E-state index contributed by atoms with van der Waals surface area (Å²) >= 11 is 0. The molecule has 1 unspecified atom stereocenters. The fourth-order valence-electron chi connectivity index (χ4n) is 4.61. The van der Waals surface area contributed by atoms with Crippen molar-refractivity contribution < 1.29 is 19.1 Å². The fraction of sp³-hybridized carbons (Fsp3) is 0.481. The van der Waals surface area contributed by atoms with E-state index in [2.05, 4.69) is 16.7 Å². The van der Waals surface area contributed by atoms with E-state index in [1.807, 2.05) is 31.4 Å². The van der Waals surface area contributed by atoms with Gasteiger partial charge in [-0.05, 0) is 57.2 Å². The van der Waals surface area contributed by atoms with Crippen molar-refractivity contribution in [2.75, 3.05) is 11.9 Å². The Bertz CT molecular complexity index is 1150. The highest BCUT2D eigenvalue weighted by Gasteiger charge is 2.29. The number of amides is 2. The average molecular weight is 479 g/mol. The summed E-state index contributed by atoms with van der Waals surface area (Å²) in [7, 11) is 0. The van der Waals surface area contributed by atoms with Crippen molar-refractivity contribution in [1.29, 1.82) is 5.26 Å². The maximum absolute atomic E-state index is 12.8. The zero-order valence-electron chi connectivity index (χ0n) is 21.1. The molecule has 8 heteroatoms. The van der Waals surface area contributed by atoms with Gasteiger partial charge in [0.25, 0.3) is 11.8 Å². The molecule has 0 radical (unpaired) electrons. The molecule has 0 saturated heterocycles. The van der Waals surface area contributed by atoms with E-state index in [0.717, 1.165) is 42.5 Å². The van der Waals surface area contributed by atoms with Gasteiger partial charge in [-0.2, -0.15) is 5.26 Å². The van der Waals surface area contributed by atoms with Crippen LogP contribution in [0.15, 0.2) is 24.3 Å². The van der Waals surface area contributed by atoms with Crippen LogP contribution in [-0.4, -0.2) is 35.0 Å². The lowest BCUT2D eigenvalue weighted by Crippen LogP contribution is -2.46. The maximum Gasteiger partial charge on any atom is 0.329 e. The van der Waals surface area contributed by atoms with Gasteiger partial charge < -0.3 is 19.9 Å². The van der Waals surface area contributed by atoms with Gasteiger partial charge in [0.2, 0.25) is 0 Å². The Morgan fingerprint density at radius 2 is 1.86 bits per heavy atom. The van der Waals surface area contributed by atoms with Crippen LogP contribution in [0.1, 0.15) is 78.3 Å². The summed E-state index contributed by atoms with van der Waals surface area (Å²) in [4.78, 5) is 38.1. The standard InChI is InChI=1S/C27H34N4O4/c1-16(2)24(30-26(33)20-10-8-9-17(3)13-20)27(34)35-15-23(32)29-25-22(14-28)18(4)19(5)31(25)21-11-6-7-12-21/h8-10,13,16,21,24H,6-7,11-12,15H2,1-5H3,(H,29,32)(H,30,33). The lowest BCUT2D eigenvalue weighted by Gasteiger charge is -2.21. The number of esters is 1. The topological polar surface area (TPSA) is 113 Å². The van der Waals surface area contributed by atoms with Gasteiger partial charge in [0, 0.05) is 17.3 Å². The second-order valence-electron chi connectivity index (χ2n) is 9.57. The summed E-state index contributed by atoms with van der Waals surface area (Å²) in [5, 5.41) is 15.2. The van der Waals surface area contributed by atoms with Crippen molar-refractivity contribution in [3.05, 3.63) is 52.2 Å². The summed E-state index contributed by atoms with van der Waals surface area (Å²) in [6, 6.07) is 8.60. The van der Waals surface area contributed by atoms with Gasteiger partial charge in [-0.1, -0.05) is 44.4 Å². The third-order valence-electron chi connectivity index (χ3n) is 6.65. The molecule has 2 amide bonds. The first-order valence-electron chi connectivity index (χ1n) is 12.1. The zero-order valence-corrected chi connectivity index (χ0v) is 21.1. The molecule has 8 nitrogen and oxygen atoms in total. The molecule has 0 spiro atoms. The molecule has 0 bridgehead atoms. The van der Waals surface area contributed by atoms with Crippen molar-refractivity contribution in [2.45, 2.75) is 72.4 Å². The van der Waals surface area contributed by atoms with Crippen molar-refractivity contribution in [3.63, 3.8) is 0 Å². The third-order valence-corrected chi connectivity index (χ3v) is 6.65. The molecular formula is C27H34N4O4. The number of carbonyl (C=O) groups is 3. The van der Waals surface area contributed by atoms with Crippen molar-refractivity contribution in [3.8, 4) is 6.07 Å². The molecule has 35 heavy (non-hydrogen) atoms. The van der Waals surface area contributed by atoms with Gasteiger partial charge in [-0.25, -0.2) is 4.79 Å². The monoisotopic (exact) mass is 478 g/mol. The van der Waals surface area contributed by atoms with E-state index in [1.54, 1.807) is 32.0 Å². The largest absolute Gasteiger partial charge is 0.454 e. The van der Waals surface area contributed by atoms with Crippen LogP contribution in [0.2, 0.25) is 0 Å². The number of nitrogens with zero attached hydrogens (tertiary/aromatic N) is 2. The van der Waals surface area contributed by atoms with E-state index in [9.17, 15) is 19.6 Å². The first kappa shape index (κ1) is 26.0. The smallest absolute Gasteiger partial charge is 0.329 e. The van der Waals surface area contributed by atoms with E-state index in [0.29, 0.717) is 16.9 Å². The second kappa shape index (κ2) is 11.2. The quantitative estimate of drug-likeness (QED) is 0.548. The van der Waals surface area contributed by atoms with Crippen LogP contribution >= 0.6 is 0 Å². The Morgan fingerprint density at radius 1 is 1.17 bits per heavy atom. The molecule has 2 N–H and O–H groups in total. The van der Waals surface area contributed by atoms with Crippen LogP contribution in [-0.2, 0) is 14.3 Å². The van der Waals surface area contributed by atoms with Crippen molar-refractivity contribution >= 4 is 23.6 Å². The van der Waals surface area contributed by atoms with Gasteiger partial charge in [0.05, 0.1) is 5.56 Å². The Kier molecular flexibility index (Phi) is 8.34. The highest BCUT2D eigenvalue weighted by molar-refractivity contribution is 5.98. The number of benzene rings is 1. The number of nitrogens with one attached hydrogen (secondary N) is 2. The molecule has 0 aliphatic heterocycles. The van der Waals surface area contributed by atoms with E-state index >= 15 is 0 Å². The minimum Gasteiger partial charge on any atom is -0.454 e. The maximum atomic E-state index is 12.8. The third kappa shape index (κ3) is 5.91. The minimum absolute atomic E-state index is 0.232. The molecule has 1 aliphatic rings. The number of aromatic nitrogens is 1. The molecule has 1 aromatic heterocycles. The number of anilines is 1. The summed E-state index contributed by atoms with van der Waals surface area (Å²) in [6.07, 6.45) is 4.21. The van der Waals surface area contributed by atoms with E-state index in [4.69, 9.17) is 4.74 Å². The van der Waals surface area contributed by atoms with Crippen LogP contribution in [0.3, 0.4) is 0 Å². The Hall–Kier alpha value is -3.60. The molecule has 186 valence electrons. The highest BCUT2D eigenvalue weighted by Crippen LogP contribution is 2.37. The normalized spacial score (nSPS) is 14.4. The number of carbonyl (C=O) groups excluding carboxylic acids is 3. The molecule has 1 saturated carbocycles. The van der Waals surface area contributed by atoms with Crippen LogP contribution in [0, 0.1) is 38.0 Å². The van der Waals surface area contributed by atoms with Crippen LogP contribution in [0.25, 0.3) is 0 Å². The van der Waals surface area contributed by atoms with E-state index < -0.39 is 24.5 Å². The van der Waals surface area contributed by atoms with E-state index in [-0.39, 0.29) is 17.9 Å². The van der Waals surface area contributed by atoms with Gasteiger partial charge in [0.1, 0.15) is 17.9 Å². The Labute approximate surface area is 206 Å². The van der Waals surface area contributed by atoms with Crippen molar-refractivity contribution in [2.24, 2.45) is 5.92 Å². The van der Waals surface area contributed by atoms with Gasteiger partial charge in [-0.3, -0.25) is 9.59 Å². The molecular weight excluding hydrogens is 444 g/mol. The number of ether oxygens (including phenoxy) is 1. The molecule has 1 fully saturated rings. The lowest BCUT2D eigenvalue weighted by molar-refractivity contribution is -0.150. The summed E-state index contributed by atoms with van der Waals surface area (Å²) in [5.74, 6) is -1.37. The SMILES string of the molecule is Cc1cccc(C(=O)NC(C(=O)OCC(=O)Nc2c(C#N)c(C)c(C)n2C2CCCC2)C(C)C)c1. The van der Waals surface area contributed by atoms with Crippen molar-refractivity contribution in [1.82, 2.24) is 9.88 Å². The van der Waals surface area contributed by atoms with Gasteiger partial charge in [-0.15, -0.1) is 0 Å².